The van der Waals surface area contributed by atoms with Gasteiger partial charge in [0, 0.05) is 63.1 Å². The number of rotatable bonds is 6. The van der Waals surface area contributed by atoms with Gasteiger partial charge in [0.1, 0.15) is 11.6 Å². The van der Waals surface area contributed by atoms with Gasteiger partial charge in [-0.25, -0.2) is 18.4 Å². The van der Waals surface area contributed by atoms with Crippen LogP contribution in [-0.4, -0.2) is 80.2 Å². The van der Waals surface area contributed by atoms with Crippen LogP contribution in [0.5, 0.6) is 0 Å². The Labute approximate surface area is 242 Å². The van der Waals surface area contributed by atoms with Gasteiger partial charge in [0.25, 0.3) is 0 Å². The fraction of sp³-hybridized carbons (Fsp3) is 0.464. The Kier molecular flexibility index (Phi) is 7.94. The number of hydrogen-bond donors (Lipinski definition) is 1. The first-order valence-corrected chi connectivity index (χ1v) is 15.5. The molecule has 0 bridgehead atoms. The number of sulfonamides is 1. The maximum absolute atomic E-state index is 13.8. The SMILES string of the molecule is O=S(=O)(c1ccc(Nc2nc(N3CCOCC3)nc3c2CCN(c2ncccc2C(F)(F)F)CC3)cc1)N1CCCC1. The topological polar surface area (TPSA) is 104 Å². The molecule has 0 amide bonds. The van der Waals surface area contributed by atoms with E-state index in [0.717, 1.165) is 30.2 Å². The summed E-state index contributed by atoms with van der Waals surface area (Å²) < 4.78 is 74.2. The molecule has 42 heavy (non-hydrogen) atoms. The molecule has 0 aliphatic carbocycles. The minimum Gasteiger partial charge on any atom is -0.378 e. The van der Waals surface area contributed by atoms with E-state index in [1.165, 1.54) is 16.6 Å². The maximum atomic E-state index is 13.8. The molecule has 0 spiro atoms. The van der Waals surface area contributed by atoms with Crippen LogP contribution in [0.4, 0.5) is 36.4 Å². The van der Waals surface area contributed by atoms with Crippen molar-refractivity contribution in [2.45, 2.75) is 36.8 Å². The molecule has 3 aromatic rings. The lowest BCUT2D eigenvalue weighted by Gasteiger charge is -2.28. The molecule has 3 aliphatic heterocycles. The molecule has 2 aromatic heterocycles. The fourth-order valence-corrected chi connectivity index (χ4v) is 7.12. The minimum absolute atomic E-state index is 0.0940. The first-order chi connectivity index (χ1) is 20.2. The van der Waals surface area contributed by atoms with E-state index in [-0.39, 0.29) is 10.7 Å². The van der Waals surface area contributed by atoms with Crippen LogP contribution in [0, 0.1) is 0 Å². The maximum Gasteiger partial charge on any atom is 0.419 e. The van der Waals surface area contributed by atoms with E-state index in [1.54, 1.807) is 29.2 Å². The summed E-state index contributed by atoms with van der Waals surface area (Å²) in [6.45, 7) is 4.00. The molecule has 5 heterocycles. The summed E-state index contributed by atoms with van der Waals surface area (Å²) in [4.78, 5) is 17.7. The molecule has 2 fully saturated rings. The van der Waals surface area contributed by atoms with Crippen molar-refractivity contribution in [1.82, 2.24) is 19.3 Å². The molecule has 14 heteroatoms. The number of benzene rings is 1. The normalized spacial score (nSPS) is 18.5. The van der Waals surface area contributed by atoms with E-state index >= 15 is 0 Å². The lowest BCUT2D eigenvalue weighted by Crippen LogP contribution is -2.37. The summed E-state index contributed by atoms with van der Waals surface area (Å²) >= 11 is 0. The number of nitrogens with zero attached hydrogens (tertiary/aromatic N) is 6. The van der Waals surface area contributed by atoms with Crippen LogP contribution >= 0.6 is 0 Å². The van der Waals surface area contributed by atoms with Crippen LogP contribution in [0.3, 0.4) is 0 Å². The number of anilines is 4. The van der Waals surface area contributed by atoms with Crippen LogP contribution in [0.1, 0.15) is 29.7 Å². The first kappa shape index (κ1) is 28.6. The molecule has 0 radical (unpaired) electrons. The number of alkyl halides is 3. The standard InChI is InChI=1S/C28H32F3N7O3S/c29-28(30,31)23-4-3-11-32-26(23)36-14-9-22-24(10-15-36)34-27(37-16-18-41-19-17-37)35-25(22)33-20-5-7-21(8-6-20)42(39,40)38-12-1-2-13-38/h3-8,11H,1-2,9-10,12-19H2,(H,33,34,35). The van der Waals surface area contributed by atoms with Crippen LogP contribution in [0.2, 0.25) is 0 Å². The Morgan fingerprint density at radius 3 is 2.29 bits per heavy atom. The lowest BCUT2D eigenvalue weighted by atomic mass is 10.1. The van der Waals surface area contributed by atoms with Gasteiger partial charge >= 0.3 is 6.18 Å². The molecule has 1 aromatic carbocycles. The zero-order valence-electron chi connectivity index (χ0n) is 23.0. The lowest BCUT2D eigenvalue weighted by molar-refractivity contribution is -0.137. The Hall–Kier alpha value is -3.49. The van der Waals surface area contributed by atoms with Crippen molar-refractivity contribution >= 4 is 33.3 Å². The number of halogens is 3. The summed E-state index contributed by atoms with van der Waals surface area (Å²) in [5.74, 6) is 0.981. The average Bonchev–Trinajstić information content (AvgIpc) is 3.46. The number of fused-ring (bicyclic) bond motifs is 1. The smallest absolute Gasteiger partial charge is 0.378 e. The van der Waals surface area contributed by atoms with Gasteiger partial charge in [-0.15, -0.1) is 0 Å². The number of morpholine rings is 1. The molecule has 0 saturated carbocycles. The Morgan fingerprint density at radius 2 is 1.57 bits per heavy atom. The molecule has 0 unspecified atom stereocenters. The highest BCUT2D eigenvalue weighted by Crippen LogP contribution is 2.36. The largest absolute Gasteiger partial charge is 0.419 e. The number of hydrogen-bond acceptors (Lipinski definition) is 9. The third kappa shape index (κ3) is 5.88. The Balaban J connectivity index is 1.30. The van der Waals surface area contributed by atoms with Gasteiger partial charge in [0.15, 0.2) is 0 Å². The van der Waals surface area contributed by atoms with E-state index in [1.807, 2.05) is 4.90 Å². The fourth-order valence-electron chi connectivity index (χ4n) is 5.60. The van der Waals surface area contributed by atoms with Gasteiger partial charge in [-0.1, -0.05) is 0 Å². The number of aromatic nitrogens is 3. The summed E-state index contributed by atoms with van der Waals surface area (Å²) in [5.41, 5.74) is 1.45. The quantitative estimate of drug-likeness (QED) is 0.450. The van der Waals surface area contributed by atoms with Crippen molar-refractivity contribution in [2.24, 2.45) is 0 Å². The van der Waals surface area contributed by atoms with Gasteiger partial charge in [0.2, 0.25) is 16.0 Å². The Morgan fingerprint density at radius 1 is 0.857 bits per heavy atom. The van der Waals surface area contributed by atoms with Crippen LogP contribution in [0.25, 0.3) is 0 Å². The van der Waals surface area contributed by atoms with E-state index in [0.29, 0.717) is 82.8 Å². The molecule has 10 nitrogen and oxygen atoms in total. The predicted molar refractivity (Wildman–Crippen MR) is 152 cm³/mol. The van der Waals surface area contributed by atoms with E-state index < -0.39 is 21.8 Å². The van der Waals surface area contributed by atoms with Gasteiger partial charge in [-0.05, 0) is 55.7 Å². The Bertz CT molecular complexity index is 1520. The number of nitrogens with one attached hydrogen (secondary N) is 1. The zero-order valence-corrected chi connectivity index (χ0v) is 23.8. The third-order valence-electron chi connectivity index (χ3n) is 7.84. The van der Waals surface area contributed by atoms with Crippen molar-refractivity contribution in [2.75, 3.05) is 67.6 Å². The second-order valence-corrected chi connectivity index (χ2v) is 12.5. The van der Waals surface area contributed by atoms with E-state index in [4.69, 9.17) is 14.7 Å². The van der Waals surface area contributed by atoms with E-state index in [9.17, 15) is 21.6 Å². The molecular formula is C28H32F3N7O3S. The molecule has 6 rings (SSSR count). The molecule has 2 saturated heterocycles. The summed E-state index contributed by atoms with van der Waals surface area (Å²) in [7, 11) is -3.55. The molecule has 1 N–H and O–H groups in total. The highest BCUT2D eigenvalue weighted by atomic mass is 32.2. The summed E-state index contributed by atoms with van der Waals surface area (Å²) in [6, 6.07) is 8.93. The van der Waals surface area contributed by atoms with Crippen molar-refractivity contribution in [1.29, 1.82) is 0 Å². The van der Waals surface area contributed by atoms with Crippen LogP contribution in [0.15, 0.2) is 47.5 Å². The first-order valence-electron chi connectivity index (χ1n) is 14.1. The van der Waals surface area contributed by atoms with Gasteiger partial charge in [0.05, 0.1) is 29.4 Å². The van der Waals surface area contributed by atoms with Crippen molar-refractivity contribution < 1.29 is 26.3 Å². The molecular weight excluding hydrogens is 571 g/mol. The van der Waals surface area contributed by atoms with Gasteiger partial charge < -0.3 is 19.9 Å². The van der Waals surface area contributed by atoms with Crippen molar-refractivity contribution in [3.8, 4) is 0 Å². The summed E-state index contributed by atoms with van der Waals surface area (Å²) in [6.07, 6.45) is -0.620. The van der Waals surface area contributed by atoms with Crippen LogP contribution in [-0.2, 0) is 33.8 Å². The highest BCUT2D eigenvalue weighted by molar-refractivity contribution is 7.89. The molecule has 0 atom stereocenters. The molecule has 3 aliphatic rings. The molecule has 224 valence electrons. The van der Waals surface area contributed by atoms with E-state index in [2.05, 4.69) is 10.3 Å². The van der Waals surface area contributed by atoms with Gasteiger partial charge in [-0.2, -0.15) is 22.5 Å². The third-order valence-corrected chi connectivity index (χ3v) is 9.75. The average molecular weight is 604 g/mol. The number of ether oxygens (including phenoxy) is 1. The van der Waals surface area contributed by atoms with Crippen molar-refractivity contribution in [3.63, 3.8) is 0 Å². The second-order valence-electron chi connectivity index (χ2n) is 10.5. The van der Waals surface area contributed by atoms with Gasteiger partial charge in [-0.3, -0.25) is 0 Å². The number of pyridine rings is 1. The monoisotopic (exact) mass is 603 g/mol. The minimum atomic E-state index is -4.52. The highest BCUT2D eigenvalue weighted by Gasteiger charge is 2.36. The second kappa shape index (κ2) is 11.7. The predicted octanol–water partition coefficient (Wildman–Crippen LogP) is 3.86. The summed E-state index contributed by atoms with van der Waals surface area (Å²) in [5, 5.41) is 3.35. The van der Waals surface area contributed by atoms with Crippen molar-refractivity contribution in [3.05, 3.63) is 59.4 Å². The zero-order chi connectivity index (χ0) is 29.3. The van der Waals surface area contributed by atoms with Crippen LogP contribution < -0.4 is 15.1 Å².